The van der Waals surface area contributed by atoms with Crippen LogP contribution in [-0.2, 0) is 4.79 Å². The summed E-state index contributed by atoms with van der Waals surface area (Å²) in [4.78, 5) is 17.2. The van der Waals surface area contributed by atoms with Crippen LogP contribution >= 0.6 is 0 Å². The molecule has 0 rings (SSSR count). The minimum absolute atomic E-state index is 0. The summed E-state index contributed by atoms with van der Waals surface area (Å²) in [7, 11) is 7.75. The lowest BCUT2D eigenvalue weighted by Crippen LogP contribution is -2.41. The standard InChI is InChI=1S/C10H21N3O.2CH4/c1-9(2)10(14)13(6)8-12(5)7-11(3)4;;/h1,7-8H2,2-6H3;2*1H4. The number of carbonyl (C=O) groups excluding carboxylic acids is 1. The van der Waals surface area contributed by atoms with E-state index in [-0.39, 0.29) is 20.8 Å². The van der Waals surface area contributed by atoms with Crippen LogP contribution in [0.3, 0.4) is 0 Å². The third-order valence-electron chi connectivity index (χ3n) is 1.69. The number of likely N-dealkylation sites (N-methyl/N-ethyl adjacent to an activating group) is 1. The predicted molar refractivity (Wildman–Crippen MR) is 72.2 cm³/mol. The molecule has 0 unspecified atom stereocenters. The van der Waals surface area contributed by atoms with Gasteiger partial charge >= 0.3 is 0 Å². The monoisotopic (exact) mass is 231 g/mol. The van der Waals surface area contributed by atoms with Crippen LogP contribution in [0.2, 0.25) is 0 Å². The Balaban J connectivity index is -0.000000845. The highest BCUT2D eigenvalue weighted by Gasteiger charge is 2.11. The Bertz CT molecular complexity index is 214. The highest BCUT2D eigenvalue weighted by Crippen LogP contribution is 1.97. The Hall–Kier alpha value is -0.870. The predicted octanol–water partition coefficient (Wildman–Crippen LogP) is 1.70. The van der Waals surface area contributed by atoms with Crippen LogP contribution in [0.25, 0.3) is 0 Å². The van der Waals surface area contributed by atoms with Crippen LogP contribution in [0, 0.1) is 0 Å². The first-order valence-electron chi connectivity index (χ1n) is 4.59. The largest absolute Gasteiger partial charge is 0.329 e. The van der Waals surface area contributed by atoms with E-state index in [1.165, 1.54) is 0 Å². The number of amides is 1. The quantitative estimate of drug-likeness (QED) is 0.532. The first-order chi connectivity index (χ1) is 6.34. The molecule has 0 N–H and O–H groups in total. The molecule has 0 atom stereocenters. The van der Waals surface area contributed by atoms with Gasteiger partial charge in [-0.3, -0.25) is 14.6 Å². The van der Waals surface area contributed by atoms with Crippen molar-refractivity contribution in [3.8, 4) is 0 Å². The minimum atomic E-state index is -0.00407. The van der Waals surface area contributed by atoms with Gasteiger partial charge in [0.2, 0.25) is 5.91 Å². The molecule has 0 aliphatic rings. The van der Waals surface area contributed by atoms with Crippen LogP contribution < -0.4 is 0 Å². The molecule has 0 saturated carbocycles. The lowest BCUT2D eigenvalue weighted by Gasteiger charge is -2.26. The van der Waals surface area contributed by atoms with Gasteiger partial charge in [-0.25, -0.2) is 0 Å². The maximum absolute atomic E-state index is 11.5. The summed E-state index contributed by atoms with van der Waals surface area (Å²) in [5.74, 6) is -0.00407. The molecule has 16 heavy (non-hydrogen) atoms. The topological polar surface area (TPSA) is 26.8 Å². The third kappa shape index (κ3) is 8.44. The molecule has 0 aromatic heterocycles. The molecule has 0 radical (unpaired) electrons. The summed E-state index contributed by atoms with van der Waals surface area (Å²) < 4.78 is 0. The van der Waals surface area contributed by atoms with Crippen molar-refractivity contribution in [3.05, 3.63) is 12.2 Å². The molecule has 0 aromatic rings. The molecule has 4 heteroatoms. The Morgan fingerprint density at radius 1 is 1.06 bits per heavy atom. The average molecular weight is 231 g/mol. The lowest BCUT2D eigenvalue weighted by atomic mass is 10.3. The van der Waals surface area contributed by atoms with Crippen molar-refractivity contribution in [2.45, 2.75) is 21.8 Å². The zero-order chi connectivity index (χ0) is 11.3. The zero-order valence-electron chi connectivity index (χ0n) is 9.87. The molecule has 0 saturated heterocycles. The van der Waals surface area contributed by atoms with Crippen molar-refractivity contribution >= 4 is 5.91 Å². The third-order valence-corrected chi connectivity index (χ3v) is 1.69. The molecule has 0 bridgehead atoms. The smallest absolute Gasteiger partial charge is 0.249 e. The molecular weight excluding hydrogens is 202 g/mol. The summed E-state index contributed by atoms with van der Waals surface area (Å²) >= 11 is 0. The molecule has 0 aliphatic carbocycles. The second kappa shape index (κ2) is 9.36. The molecule has 0 aliphatic heterocycles. The number of carbonyl (C=O) groups is 1. The Morgan fingerprint density at radius 2 is 1.50 bits per heavy atom. The van der Waals surface area contributed by atoms with Crippen molar-refractivity contribution in [3.63, 3.8) is 0 Å². The Morgan fingerprint density at radius 3 is 1.81 bits per heavy atom. The summed E-state index contributed by atoms with van der Waals surface area (Å²) in [5.41, 5.74) is 0.575. The highest BCUT2D eigenvalue weighted by molar-refractivity contribution is 5.91. The van der Waals surface area contributed by atoms with E-state index in [0.29, 0.717) is 12.2 Å². The summed E-state index contributed by atoms with van der Waals surface area (Å²) in [6.07, 6.45) is 0. The van der Waals surface area contributed by atoms with Crippen molar-refractivity contribution < 1.29 is 4.79 Å². The van der Waals surface area contributed by atoms with Gasteiger partial charge in [0.25, 0.3) is 0 Å². The lowest BCUT2D eigenvalue weighted by molar-refractivity contribution is -0.127. The van der Waals surface area contributed by atoms with Crippen LogP contribution in [0.1, 0.15) is 21.8 Å². The van der Waals surface area contributed by atoms with Crippen molar-refractivity contribution in [1.82, 2.24) is 14.7 Å². The maximum atomic E-state index is 11.5. The number of hydrogen-bond acceptors (Lipinski definition) is 3. The summed E-state index contributed by atoms with van der Waals surface area (Å²) in [6.45, 7) is 6.79. The van der Waals surface area contributed by atoms with Gasteiger partial charge < -0.3 is 4.90 Å². The first kappa shape index (κ1) is 20.5. The SMILES string of the molecule is C.C.C=C(C)C(=O)N(C)CN(C)CN(C)C. The van der Waals surface area contributed by atoms with Gasteiger partial charge in [-0.05, 0) is 28.1 Å². The molecule has 0 fully saturated rings. The average Bonchev–Trinajstić information content (AvgIpc) is 2.00. The normalized spacial score (nSPS) is 9.44. The second-order valence-electron chi connectivity index (χ2n) is 4.00. The van der Waals surface area contributed by atoms with E-state index in [4.69, 9.17) is 0 Å². The van der Waals surface area contributed by atoms with E-state index >= 15 is 0 Å². The Labute approximate surface area is 102 Å². The van der Waals surface area contributed by atoms with E-state index < -0.39 is 0 Å². The fourth-order valence-electron chi connectivity index (χ4n) is 1.28. The fourth-order valence-corrected chi connectivity index (χ4v) is 1.28. The van der Waals surface area contributed by atoms with Crippen molar-refractivity contribution in [2.75, 3.05) is 41.5 Å². The minimum Gasteiger partial charge on any atom is -0.329 e. The van der Waals surface area contributed by atoms with Crippen molar-refractivity contribution in [2.24, 2.45) is 0 Å². The zero-order valence-corrected chi connectivity index (χ0v) is 9.87. The number of rotatable bonds is 5. The van der Waals surface area contributed by atoms with E-state index in [1.807, 2.05) is 21.1 Å². The van der Waals surface area contributed by atoms with Gasteiger partial charge in [0.05, 0.1) is 13.3 Å². The molecular formula is C12H29N3O. The van der Waals surface area contributed by atoms with Crippen molar-refractivity contribution in [1.29, 1.82) is 0 Å². The molecule has 0 heterocycles. The van der Waals surface area contributed by atoms with Gasteiger partial charge in [-0.15, -0.1) is 0 Å². The van der Waals surface area contributed by atoms with Gasteiger partial charge in [-0.2, -0.15) is 0 Å². The van der Waals surface area contributed by atoms with E-state index in [2.05, 4.69) is 16.4 Å². The molecule has 98 valence electrons. The van der Waals surface area contributed by atoms with Gasteiger partial charge in [0.15, 0.2) is 0 Å². The molecule has 1 amide bonds. The molecule has 0 aromatic carbocycles. The summed E-state index contributed by atoms with van der Waals surface area (Å²) in [6, 6.07) is 0. The van der Waals surface area contributed by atoms with E-state index in [0.717, 1.165) is 6.67 Å². The second-order valence-corrected chi connectivity index (χ2v) is 4.00. The van der Waals surface area contributed by atoms with Gasteiger partial charge in [0, 0.05) is 12.6 Å². The van der Waals surface area contributed by atoms with Crippen LogP contribution in [0.5, 0.6) is 0 Å². The van der Waals surface area contributed by atoms with E-state index in [9.17, 15) is 4.79 Å². The van der Waals surface area contributed by atoms with Crippen LogP contribution in [0.15, 0.2) is 12.2 Å². The Kier molecular flexibility index (Phi) is 12.0. The number of hydrogen-bond donors (Lipinski definition) is 0. The van der Waals surface area contributed by atoms with E-state index in [1.54, 1.807) is 18.9 Å². The first-order valence-corrected chi connectivity index (χ1v) is 4.59. The fraction of sp³-hybridized carbons (Fsp3) is 0.750. The molecule has 0 spiro atoms. The maximum Gasteiger partial charge on any atom is 0.249 e. The number of nitrogens with zero attached hydrogens (tertiary/aromatic N) is 3. The highest BCUT2D eigenvalue weighted by atomic mass is 16.2. The van der Waals surface area contributed by atoms with Crippen LogP contribution in [-0.4, -0.2) is 62.1 Å². The van der Waals surface area contributed by atoms with Gasteiger partial charge in [-0.1, -0.05) is 21.4 Å². The van der Waals surface area contributed by atoms with Gasteiger partial charge in [0.1, 0.15) is 0 Å². The summed E-state index contributed by atoms with van der Waals surface area (Å²) in [5, 5.41) is 0. The van der Waals surface area contributed by atoms with Crippen LogP contribution in [0.4, 0.5) is 0 Å². The molecule has 4 nitrogen and oxygen atoms in total.